The molecule has 0 spiro atoms. The molecule has 28 heavy (non-hydrogen) atoms. The molecule has 3 heterocycles. The number of para-hydroxylation sites is 1. The van der Waals surface area contributed by atoms with Crippen LogP contribution in [0.2, 0.25) is 0 Å². The van der Waals surface area contributed by atoms with E-state index in [0.717, 1.165) is 5.69 Å². The van der Waals surface area contributed by atoms with Gasteiger partial charge in [-0.15, -0.1) is 0 Å². The van der Waals surface area contributed by atoms with Gasteiger partial charge in [0, 0.05) is 23.6 Å². The molecule has 0 aliphatic carbocycles. The van der Waals surface area contributed by atoms with Crippen LogP contribution in [-0.4, -0.2) is 40.0 Å². The van der Waals surface area contributed by atoms with Gasteiger partial charge in [0.2, 0.25) is 5.91 Å². The molecule has 1 amide bonds. The van der Waals surface area contributed by atoms with E-state index in [4.69, 9.17) is 4.74 Å². The number of nitrogens with zero attached hydrogens (tertiary/aromatic N) is 4. The highest BCUT2D eigenvalue weighted by molar-refractivity contribution is 6.08. The lowest BCUT2D eigenvalue weighted by atomic mass is 10.1. The van der Waals surface area contributed by atoms with Gasteiger partial charge in [-0.2, -0.15) is 0 Å². The van der Waals surface area contributed by atoms with Gasteiger partial charge in [0.05, 0.1) is 6.61 Å². The summed E-state index contributed by atoms with van der Waals surface area (Å²) in [4.78, 5) is 39.7. The Labute approximate surface area is 161 Å². The summed E-state index contributed by atoms with van der Waals surface area (Å²) in [7, 11) is 0. The van der Waals surface area contributed by atoms with Crippen molar-refractivity contribution < 1.29 is 14.3 Å². The van der Waals surface area contributed by atoms with Crippen LogP contribution in [0.1, 0.15) is 17.4 Å². The number of pyridine rings is 1. The Morgan fingerprint density at radius 3 is 2.61 bits per heavy atom. The largest absolute Gasteiger partial charge is 0.461 e. The highest BCUT2D eigenvalue weighted by Gasteiger charge is 2.31. The number of carbonyl (C=O) groups is 2. The standard InChI is InChI=1S/C20H17N5O3/c1-2-28-20(27)17-16-19(24-18(23-17)13-8-10-21-11-9-13)25(12-15(26)22-16)14-6-4-3-5-7-14/h3-11H,2,12H2,1H3,(H,22,26). The maximum Gasteiger partial charge on any atom is 0.359 e. The van der Waals surface area contributed by atoms with Crippen molar-refractivity contribution in [3.8, 4) is 11.4 Å². The first kappa shape index (κ1) is 17.6. The molecule has 0 unspecified atom stereocenters. The first-order valence-electron chi connectivity index (χ1n) is 8.79. The first-order chi connectivity index (χ1) is 13.7. The molecule has 1 aliphatic heterocycles. The highest BCUT2D eigenvalue weighted by atomic mass is 16.5. The van der Waals surface area contributed by atoms with Crippen LogP contribution in [0, 0.1) is 0 Å². The van der Waals surface area contributed by atoms with Gasteiger partial charge < -0.3 is 15.0 Å². The van der Waals surface area contributed by atoms with Crippen molar-refractivity contribution >= 4 is 29.1 Å². The number of ether oxygens (including phenoxy) is 1. The zero-order valence-electron chi connectivity index (χ0n) is 15.1. The molecule has 1 aromatic carbocycles. The van der Waals surface area contributed by atoms with Crippen molar-refractivity contribution in [2.24, 2.45) is 0 Å². The fraction of sp³-hybridized carbons (Fsp3) is 0.150. The molecule has 0 fully saturated rings. The molecule has 0 saturated heterocycles. The van der Waals surface area contributed by atoms with Crippen molar-refractivity contribution in [2.45, 2.75) is 6.92 Å². The lowest BCUT2D eigenvalue weighted by Gasteiger charge is -2.30. The Morgan fingerprint density at radius 2 is 1.89 bits per heavy atom. The lowest BCUT2D eigenvalue weighted by molar-refractivity contribution is -0.115. The van der Waals surface area contributed by atoms with Crippen LogP contribution in [0.15, 0.2) is 54.9 Å². The second-order valence-electron chi connectivity index (χ2n) is 6.02. The summed E-state index contributed by atoms with van der Waals surface area (Å²) in [5.41, 5.74) is 1.75. The predicted octanol–water partition coefficient (Wildman–Crippen LogP) is 2.81. The van der Waals surface area contributed by atoms with Crippen molar-refractivity contribution in [1.82, 2.24) is 15.0 Å². The number of anilines is 3. The zero-order chi connectivity index (χ0) is 19.5. The number of nitrogens with one attached hydrogen (secondary N) is 1. The van der Waals surface area contributed by atoms with E-state index in [1.165, 1.54) is 0 Å². The third-order valence-electron chi connectivity index (χ3n) is 4.19. The van der Waals surface area contributed by atoms with Gasteiger partial charge in [0.1, 0.15) is 12.2 Å². The summed E-state index contributed by atoms with van der Waals surface area (Å²) in [5, 5.41) is 2.73. The van der Waals surface area contributed by atoms with Crippen molar-refractivity contribution in [3.63, 3.8) is 0 Å². The number of hydrogen-bond donors (Lipinski definition) is 1. The molecule has 8 nitrogen and oxygen atoms in total. The summed E-state index contributed by atoms with van der Waals surface area (Å²) in [6.45, 7) is 1.98. The molecule has 2 aromatic heterocycles. The maximum absolute atomic E-state index is 12.6. The Bertz CT molecular complexity index is 1020. The van der Waals surface area contributed by atoms with E-state index < -0.39 is 5.97 Å². The van der Waals surface area contributed by atoms with Gasteiger partial charge >= 0.3 is 5.97 Å². The second-order valence-corrected chi connectivity index (χ2v) is 6.02. The number of carbonyl (C=O) groups excluding carboxylic acids is 2. The van der Waals surface area contributed by atoms with Crippen LogP contribution in [0.3, 0.4) is 0 Å². The van der Waals surface area contributed by atoms with E-state index in [2.05, 4.69) is 20.3 Å². The Hall–Kier alpha value is -3.81. The van der Waals surface area contributed by atoms with Gasteiger partial charge in [-0.25, -0.2) is 14.8 Å². The number of rotatable bonds is 4. The van der Waals surface area contributed by atoms with Gasteiger partial charge in [0.15, 0.2) is 17.3 Å². The van der Waals surface area contributed by atoms with Gasteiger partial charge in [-0.3, -0.25) is 9.78 Å². The summed E-state index contributed by atoms with van der Waals surface area (Å²) in [6.07, 6.45) is 3.25. The van der Waals surface area contributed by atoms with Gasteiger partial charge in [0.25, 0.3) is 0 Å². The van der Waals surface area contributed by atoms with Crippen LogP contribution in [-0.2, 0) is 9.53 Å². The minimum Gasteiger partial charge on any atom is -0.461 e. The van der Waals surface area contributed by atoms with Crippen LogP contribution in [0.25, 0.3) is 11.4 Å². The quantitative estimate of drug-likeness (QED) is 0.700. The van der Waals surface area contributed by atoms with E-state index in [1.807, 2.05) is 30.3 Å². The van der Waals surface area contributed by atoms with Crippen molar-refractivity contribution in [3.05, 3.63) is 60.6 Å². The number of hydrogen-bond acceptors (Lipinski definition) is 7. The van der Waals surface area contributed by atoms with E-state index in [-0.39, 0.29) is 30.4 Å². The number of fused-ring (bicyclic) bond motifs is 1. The molecule has 0 atom stereocenters. The monoisotopic (exact) mass is 375 g/mol. The van der Waals surface area contributed by atoms with Crippen LogP contribution < -0.4 is 10.2 Å². The van der Waals surface area contributed by atoms with Crippen LogP contribution in [0.4, 0.5) is 17.2 Å². The van der Waals surface area contributed by atoms with E-state index in [0.29, 0.717) is 17.2 Å². The zero-order valence-corrected chi connectivity index (χ0v) is 15.1. The molecule has 0 bridgehead atoms. The Kier molecular flexibility index (Phi) is 4.67. The molecule has 4 rings (SSSR count). The van der Waals surface area contributed by atoms with Crippen molar-refractivity contribution in [1.29, 1.82) is 0 Å². The van der Waals surface area contributed by atoms with Crippen LogP contribution >= 0.6 is 0 Å². The summed E-state index contributed by atoms with van der Waals surface area (Å²) >= 11 is 0. The normalized spacial score (nSPS) is 12.9. The average molecular weight is 375 g/mol. The topological polar surface area (TPSA) is 97.3 Å². The molecule has 0 radical (unpaired) electrons. The van der Waals surface area contributed by atoms with E-state index in [1.54, 1.807) is 36.4 Å². The first-order valence-corrected chi connectivity index (χ1v) is 8.79. The minimum absolute atomic E-state index is 0.0210. The number of aromatic nitrogens is 3. The lowest BCUT2D eigenvalue weighted by Crippen LogP contribution is -2.37. The van der Waals surface area contributed by atoms with Crippen molar-refractivity contribution in [2.75, 3.05) is 23.4 Å². The molecule has 8 heteroatoms. The van der Waals surface area contributed by atoms with E-state index in [9.17, 15) is 9.59 Å². The highest BCUT2D eigenvalue weighted by Crippen LogP contribution is 2.36. The van der Waals surface area contributed by atoms with Gasteiger partial charge in [-0.05, 0) is 31.2 Å². The number of esters is 1. The molecule has 3 aromatic rings. The fourth-order valence-corrected chi connectivity index (χ4v) is 2.96. The third-order valence-corrected chi connectivity index (χ3v) is 4.19. The van der Waals surface area contributed by atoms with E-state index >= 15 is 0 Å². The molecule has 1 aliphatic rings. The van der Waals surface area contributed by atoms with Crippen LogP contribution in [0.5, 0.6) is 0 Å². The number of amides is 1. The molecule has 140 valence electrons. The molecule has 0 saturated carbocycles. The SMILES string of the molecule is CCOC(=O)c1nc(-c2ccncc2)nc2c1NC(=O)CN2c1ccccc1. The fourth-order valence-electron chi connectivity index (χ4n) is 2.96. The van der Waals surface area contributed by atoms with Gasteiger partial charge in [-0.1, -0.05) is 18.2 Å². The third kappa shape index (κ3) is 3.27. The maximum atomic E-state index is 12.6. The minimum atomic E-state index is -0.619. The summed E-state index contributed by atoms with van der Waals surface area (Å²) in [6, 6.07) is 12.9. The smallest absolute Gasteiger partial charge is 0.359 e. The average Bonchev–Trinajstić information content (AvgIpc) is 2.74. The molecule has 1 N–H and O–H groups in total. The summed E-state index contributed by atoms with van der Waals surface area (Å²) in [5.74, 6) is -0.0919. The Morgan fingerprint density at radius 1 is 1.14 bits per heavy atom. The second kappa shape index (κ2) is 7.43. The summed E-state index contributed by atoms with van der Waals surface area (Å²) < 4.78 is 5.15. The predicted molar refractivity (Wildman–Crippen MR) is 103 cm³/mol. The molecular formula is C20H17N5O3. The Balaban J connectivity index is 1.93. The molecular weight excluding hydrogens is 358 g/mol. The number of benzene rings is 1.